The van der Waals surface area contributed by atoms with Crippen molar-refractivity contribution in [1.29, 1.82) is 0 Å². The van der Waals surface area contributed by atoms with Crippen molar-refractivity contribution in [2.45, 2.75) is 13.8 Å². The van der Waals surface area contributed by atoms with E-state index in [0.717, 1.165) is 16.9 Å². The fraction of sp³-hybridized carbons (Fsp3) is 0.118. The number of nitrogens with zero attached hydrogens (tertiary/aromatic N) is 3. The zero-order chi connectivity index (χ0) is 18.8. The highest BCUT2D eigenvalue weighted by molar-refractivity contribution is 6.33. The Morgan fingerprint density at radius 3 is 2.42 bits per heavy atom. The normalized spacial score (nSPS) is 10.6. The number of non-ortho nitro benzene ring substituents is 1. The Hall–Kier alpha value is -3.26. The molecule has 1 aromatic heterocycles. The van der Waals surface area contributed by atoms with Gasteiger partial charge in [-0.05, 0) is 38.1 Å². The number of carbonyl (C=O) groups is 1. The van der Waals surface area contributed by atoms with Gasteiger partial charge in [-0.3, -0.25) is 10.1 Å². The van der Waals surface area contributed by atoms with E-state index in [0.29, 0.717) is 11.2 Å². The number of urea groups is 1. The summed E-state index contributed by atoms with van der Waals surface area (Å²) in [7, 11) is 0. The maximum absolute atomic E-state index is 12.2. The van der Waals surface area contributed by atoms with Crippen molar-refractivity contribution in [2.24, 2.45) is 0 Å². The number of amides is 2. The second-order valence-electron chi connectivity index (χ2n) is 5.60. The van der Waals surface area contributed by atoms with E-state index in [1.165, 1.54) is 18.2 Å². The number of rotatable bonds is 3. The molecular weight excluding hydrogens is 358 g/mol. The number of fused-ring (bicyclic) bond motifs is 1. The summed E-state index contributed by atoms with van der Waals surface area (Å²) in [6.07, 6.45) is 0. The second-order valence-corrected chi connectivity index (χ2v) is 6.01. The van der Waals surface area contributed by atoms with Gasteiger partial charge in [-0.2, -0.15) is 0 Å². The number of aromatic nitrogens is 2. The lowest BCUT2D eigenvalue weighted by molar-refractivity contribution is -0.384. The Bertz CT molecular complexity index is 1040. The van der Waals surface area contributed by atoms with Crippen LogP contribution in [0.5, 0.6) is 0 Å². The molecule has 26 heavy (non-hydrogen) atoms. The van der Waals surface area contributed by atoms with Crippen LogP contribution in [0.4, 0.5) is 21.9 Å². The molecular formula is C17H14ClN5O3. The van der Waals surface area contributed by atoms with Gasteiger partial charge >= 0.3 is 6.03 Å². The SMILES string of the molecule is Cc1nc2ccc(NC(=O)Nc3cc([N+](=O)[O-])ccc3Cl)cc2nc1C. The van der Waals surface area contributed by atoms with Crippen LogP contribution < -0.4 is 10.6 Å². The number of benzene rings is 2. The molecule has 2 amide bonds. The van der Waals surface area contributed by atoms with Crippen LogP contribution in [0.25, 0.3) is 11.0 Å². The standard InChI is InChI=1S/C17H14ClN5O3/c1-9-10(2)20-16-7-11(3-6-14(16)19-9)21-17(24)22-15-8-12(23(25)26)4-5-13(15)18/h3-8H,1-2H3,(H2,21,22,24). The average molecular weight is 372 g/mol. The van der Waals surface area contributed by atoms with Crippen LogP contribution >= 0.6 is 11.6 Å². The van der Waals surface area contributed by atoms with Crippen LogP contribution in [0.3, 0.4) is 0 Å². The maximum Gasteiger partial charge on any atom is 0.323 e. The Morgan fingerprint density at radius 1 is 1.04 bits per heavy atom. The summed E-state index contributed by atoms with van der Waals surface area (Å²) in [5.41, 5.74) is 3.51. The van der Waals surface area contributed by atoms with Crippen LogP contribution in [0, 0.1) is 24.0 Å². The van der Waals surface area contributed by atoms with Crippen molar-refractivity contribution in [2.75, 3.05) is 10.6 Å². The molecule has 8 nitrogen and oxygen atoms in total. The van der Waals surface area contributed by atoms with E-state index >= 15 is 0 Å². The molecule has 2 N–H and O–H groups in total. The minimum Gasteiger partial charge on any atom is -0.308 e. The first-order valence-corrected chi connectivity index (χ1v) is 7.98. The van der Waals surface area contributed by atoms with Crippen molar-refractivity contribution < 1.29 is 9.72 Å². The van der Waals surface area contributed by atoms with Gasteiger partial charge in [0.25, 0.3) is 5.69 Å². The number of nitro groups is 1. The van der Waals surface area contributed by atoms with Gasteiger partial charge in [0, 0.05) is 17.8 Å². The van der Waals surface area contributed by atoms with Crippen molar-refractivity contribution in [3.05, 3.63) is 62.9 Å². The van der Waals surface area contributed by atoms with Gasteiger partial charge in [-0.15, -0.1) is 0 Å². The van der Waals surface area contributed by atoms with E-state index < -0.39 is 11.0 Å². The van der Waals surface area contributed by atoms with Crippen molar-refractivity contribution in [3.63, 3.8) is 0 Å². The third-order valence-corrected chi connectivity index (χ3v) is 4.07. The van der Waals surface area contributed by atoms with Crippen molar-refractivity contribution in [1.82, 2.24) is 9.97 Å². The molecule has 0 saturated carbocycles. The molecule has 0 spiro atoms. The summed E-state index contributed by atoms with van der Waals surface area (Å²) in [6.45, 7) is 3.74. The quantitative estimate of drug-likeness (QED) is 0.522. The number of halogens is 1. The first-order valence-electron chi connectivity index (χ1n) is 7.60. The minimum atomic E-state index is -0.580. The number of aryl methyl sites for hydroxylation is 2. The lowest BCUT2D eigenvalue weighted by Gasteiger charge is -2.10. The van der Waals surface area contributed by atoms with E-state index in [-0.39, 0.29) is 16.4 Å². The molecule has 0 saturated heterocycles. The maximum atomic E-state index is 12.2. The molecule has 132 valence electrons. The molecule has 0 aliphatic heterocycles. The number of carbonyl (C=O) groups excluding carboxylic acids is 1. The molecule has 1 heterocycles. The molecule has 2 aromatic carbocycles. The Labute approximate surface area is 153 Å². The van der Waals surface area contributed by atoms with Crippen LogP contribution in [-0.4, -0.2) is 20.9 Å². The summed E-state index contributed by atoms with van der Waals surface area (Å²) in [4.78, 5) is 31.3. The van der Waals surface area contributed by atoms with Crippen LogP contribution in [0.1, 0.15) is 11.4 Å². The molecule has 9 heteroatoms. The largest absolute Gasteiger partial charge is 0.323 e. The zero-order valence-electron chi connectivity index (χ0n) is 13.9. The van der Waals surface area contributed by atoms with Crippen LogP contribution in [-0.2, 0) is 0 Å². The van der Waals surface area contributed by atoms with Gasteiger partial charge in [0.05, 0.1) is 38.1 Å². The van der Waals surface area contributed by atoms with Gasteiger partial charge in [0.1, 0.15) is 0 Å². The number of hydrogen-bond acceptors (Lipinski definition) is 5. The summed E-state index contributed by atoms with van der Waals surface area (Å²) in [5, 5.41) is 16.2. The van der Waals surface area contributed by atoms with Crippen molar-refractivity contribution in [3.8, 4) is 0 Å². The highest BCUT2D eigenvalue weighted by Crippen LogP contribution is 2.27. The summed E-state index contributed by atoms with van der Waals surface area (Å²) < 4.78 is 0. The molecule has 0 aliphatic rings. The zero-order valence-corrected chi connectivity index (χ0v) is 14.7. The highest BCUT2D eigenvalue weighted by atomic mass is 35.5. The topological polar surface area (TPSA) is 110 Å². The van der Waals surface area contributed by atoms with Gasteiger partial charge in [0.15, 0.2) is 0 Å². The predicted octanol–water partition coefficient (Wildman–Crippen LogP) is 4.45. The third kappa shape index (κ3) is 3.70. The third-order valence-electron chi connectivity index (χ3n) is 3.74. The number of nitrogens with one attached hydrogen (secondary N) is 2. The number of nitro benzene ring substituents is 1. The Morgan fingerprint density at radius 2 is 1.73 bits per heavy atom. The fourth-order valence-corrected chi connectivity index (χ4v) is 2.48. The summed E-state index contributed by atoms with van der Waals surface area (Å²) >= 11 is 5.97. The first-order chi connectivity index (χ1) is 12.3. The van der Waals surface area contributed by atoms with Crippen molar-refractivity contribution >= 4 is 45.7 Å². The Kier molecular flexibility index (Phi) is 4.68. The lowest BCUT2D eigenvalue weighted by atomic mass is 10.2. The highest BCUT2D eigenvalue weighted by Gasteiger charge is 2.12. The summed E-state index contributed by atoms with van der Waals surface area (Å²) in [5.74, 6) is 0. The van der Waals surface area contributed by atoms with E-state index in [4.69, 9.17) is 11.6 Å². The predicted molar refractivity (Wildman–Crippen MR) is 99.8 cm³/mol. The molecule has 0 aliphatic carbocycles. The molecule has 0 unspecified atom stereocenters. The molecule has 3 rings (SSSR count). The van der Waals surface area contributed by atoms with E-state index in [1.54, 1.807) is 18.2 Å². The van der Waals surface area contributed by atoms with E-state index in [9.17, 15) is 14.9 Å². The van der Waals surface area contributed by atoms with E-state index in [2.05, 4.69) is 20.6 Å². The fourth-order valence-electron chi connectivity index (χ4n) is 2.32. The van der Waals surface area contributed by atoms with Crippen LogP contribution in [0.15, 0.2) is 36.4 Å². The van der Waals surface area contributed by atoms with E-state index in [1.807, 2.05) is 13.8 Å². The van der Waals surface area contributed by atoms with Gasteiger partial charge in [-0.1, -0.05) is 11.6 Å². The molecule has 3 aromatic rings. The average Bonchev–Trinajstić information content (AvgIpc) is 2.58. The molecule has 0 atom stereocenters. The Balaban J connectivity index is 1.80. The number of hydrogen-bond donors (Lipinski definition) is 2. The van der Waals surface area contributed by atoms with Gasteiger partial charge in [-0.25, -0.2) is 14.8 Å². The van der Waals surface area contributed by atoms with Gasteiger partial charge < -0.3 is 10.6 Å². The molecule has 0 fully saturated rings. The summed E-state index contributed by atoms with van der Waals surface area (Å²) in [6, 6.07) is 8.38. The monoisotopic (exact) mass is 371 g/mol. The van der Waals surface area contributed by atoms with Crippen LogP contribution in [0.2, 0.25) is 5.02 Å². The van der Waals surface area contributed by atoms with Gasteiger partial charge in [0.2, 0.25) is 0 Å². The smallest absolute Gasteiger partial charge is 0.308 e. The lowest BCUT2D eigenvalue weighted by Crippen LogP contribution is -2.19. The molecule has 0 bridgehead atoms. The minimum absolute atomic E-state index is 0.144. The number of anilines is 2. The first kappa shape index (κ1) is 17.6. The molecule has 0 radical (unpaired) electrons. The second kappa shape index (κ2) is 6.93.